The van der Waals surface area contributed by atoms with Crippen molar-refractivity contribution < 1.29 is 30.2 Å². The molecule has 0 aliphatic carbocycles. The molecule has 20 heavy (non-hydrogen) atoms. The highest BCUT2D eigenvalue weighted by atomic mass is 32.2. The smallest absolute Gasteiger partial charge is 0.405 e. The van der Waals surface area contributed by atoms with Gasteiger partial charge in [-0.15, -0.1) is 0 Å². The van der Waals surface area contributed by atoms with Crippen molar-refractivity contribution in [3.8, 4) is 0 Å². The van der Waals surface area contributed by atoms with Gasteiger partial charge in [-0.05, 0) is 18.1 Å². The second-order valence-corrected chi connectivity index (χ2v) is 11.1. The van der Waals surface area contributed by atoms with Gasteiger partial charge in [-0.2, -0.15) is 21.6 Å². The maximum absolute atomic E-state index is 13.0. The molecule has 1 atom stereocenters. The van der Waals surface area contributed by atoms with E-state index in [1.165, 1.54) is 0 Å². The molecular weight excluding hydrogens is 313 g/mol. The fourth-order valence-electron chi connectivity index (χ4n) is 1.90. The van der Waals surface area contributed by atoms with Gasteiger partial charge in [0.2, 0.25) is 0 Å². The molecule has 0 aliphatic rings. The Morgan fingerprint density at radius 1 is 1.10 bits per heavy atom. The minimum absolute atomic E-state index is 0.509. The molecule has 0 aliphatic heterocycles. The summed E-state index contributed by atoms with van der Waals surface area (Å²) < 4.78 is 70.3. The summed E-state index contributed by atoms with van der Waals surface area (Å²) in [5.41, 5.74) is 0. The van der Waals surface area contributed by atoms with Crippen LogP contribution < -0.4 is 0 Å². The van der Waals surface area contributed by atoms with Crippen LogP contribution in [0.2, 0.25) is 18.1 Å². The third-order valence-corrected chi connectivity index (χ3v) is 8.61. The predicted molar refractivity (Wildman–Crippen MR) is 73.5 cm³/mol. The molecule has 0 aromatic heterocycles. The first-order chi connectivity index (χ1) is 8.99. The van der Waals surface area contributed by atoms with Gasteiger partial charge in [0.15, 0.2) is 8.32 Å². The van der Waals surface area contributed by atoms with Crippen molar-refractivity contribution in [3.63, 3.8) is 0 Å². The Balaban J connectivity index is 4.82. The van der Waals surface area contributed by atoms with Gasteiger partial charge < -0.3 is 4.43 Å². The molecule has 122 valence electrons. The van der Waals surface area contributed by atoms with E-state index in [0.717, 1.165) is 6.26 Å². The monoisotopic (exact) mass is 336 g/mol. The summed E-state index contributed by atoms with van der Waals surface area (Å²) in [6.45, 7) is 4.98. The molecule has 0 saturated heterocycles. The lowest BCUT2D eigenvalue weighted by Crippen LogP contribution is -2.46. The van der Waals surface area contributed by atoms with Gasteiger partial charge in [0.25, 0.3) is 10.1 Å². The van der Waals surface area contributed by atoms with Crippen LogP contribution in [-0.4, -0.2) is 41.9 Å². The number of halogens is 3. The molecule has 0 aromatic rings. The second-order valence-electron chi connectivity index (χ2n) is 4.71. The molecule has 0 radical (unpaired) electrons. The topological polar surface area (TPSA) is 52.6 Å². The van der Waals surface area contributed by atoms with Gasteiger partial charge in [0, 0.05) is 6.42 Å². The Morgan fingerprint density at radius 2 is 1.55 bits per heavy atom. The molecule has 0 unspecified atom stereocenters. The zero-order chi connectivity index (χ0) is 16.0. The van der Waals surface area contributed by atoms with Crippen LogP contribution in [0.3, 0.4) is 0 Å². The molecule has 0 bridgehead atoms. The third-order valence-electron chi connectivity index (χ3n) is 3.37. The van der Waals surface area contributed by atoms with Crippen molar-refractivity contribution in [2.45, 2.75) is 57.6 Å². The molecule has 0 aromatic carbocycles. The highest BCUT2D eigenvalue weighted by Crippen LogP contribution is 2.32. The Kier molecular flexibility index (Phi) is 7.72. The van der Waals surface area contributed by atoms with Crippen LogP contribution in [0.4, 0.5) is 13.2 Å². The number of rotatable bonds is 9. The van der Waals surface area contributed by atoms with Crippen molar-refractivity contribution in [1.82, 2.24) is 0 Å². The summed E-state index contributed by atoms with van der Waals surface area (Å²) in [5.74, 6) is 0. The van der Waals surface area contributed by atoms with E-state index in [1.807, 2.05) is 20.8 Å². The third kappa shape index (κ3) is 7.05. The van der Waals surface area contributed by atoms with E-state index < -0.39 is 43.7 Å². The molecule has 0 saturated carbocycles. The first-order valence-electron chi connectivity index (χ1n) is 6.58. The van der Waals surface area contributed by atoms with E-state index in [2.05, 4.69) is 4.18 Å². The first-order valence-corrected chi connectivity index (χ1v) is 10.9. The minimum atomic E-state index is -4.52. The van der Waals surface area contributed by atoms with E-state index in [9.17, 15) is 21.6 Å². The lowest BCUT2D eigenvalue weighted by molar-refractivity contribution is -0.201. The Morgan fingerprint density at radius 3 is 1.85 bits per heavy atom. The Hall–Kier alpha value is -0.123. The average molecular weight is 336 g/mol. The van der Waals surface area contributed by atoms with E-state index in [-0.39, 0.29) is 0 Å². The van der Waals surface area contributed by atoms with Gasteiger partial charge in [0.1, 0.15) is 6.10 Å². The van der Waals surface area contributed by atoms with Crippen molar-refractivity contribution >= 4 is 18.4 Å². The molecule has 0 heterocycles. The van der Waals surface area contributed by atoms with Crippen LogP contribution in [0.5, 0.6) is 0 Å². The number of alkyl halides is 3. The molecular formula is C11H23F3O4SSi. The molecule has 4 nitrogen and oxygen atoms in total. The number of hydrogen-bond donors (Lipinski definition) is 0. The summed E-state index contributed by atoms with van der Waals surface area (Å²) in [5, 5.41) is 0. The fraction of sp³-hybridized carbons (Fsp3) is 1.00. The predicted octanol–water partition coefficient (Wildman–Crippen LogP) is 3.31. The molecule has 0 spiro atoms. The normalized spacial score (nSPS) is 15.3. The second kappa shape index (κ2) is 7.76. The van der Waals surface area contributed by atoms with Crippen LogP contribution in [-0.2, 0) is 18.7 Å². The van der Waals surface area contributed by atoms with Crippen molar-refractivity contribution in [1.29, 1.82) is 0 Å². The number of hydrogen-bond acceptors (Lipinski definition) is 4. The van der Waals surface area contributed by atoms with Crippen LogP contribution in [0.25, 0.3) is 0 Å². The van der Waals surface area contributed by atoms with Crippen LogP contribution >= 0.6 is 0 Å². The van der Waals surface area contributed by atoms with Gasteiger partial charge >= 0.3 is 6.18 Å². The van der Waals surface area contributed by atoms with E-state index >= 15 is 0 Å². The summed E-state index contributed by atoms with van der Waals surface area (Å²) in [7, 11) is -6.15. The highest BCUT2D eigenvalue weighted by molar-refractivity contribution is 7.85. The summed E-state index contributed by atoms with van der Waals surface area (Å²) in [6.07, 6.45) is -6.18. The minimum Gasteiger partial charge on any atom is -0.405 e. The average Bonchev–Trinajstić information content (AvgIpc) is 2.31. The van der Waals surface area contributed by atoms with Crippen LogP contribution in [0.1, 0.15) is 27.2 Å². The lowest BCUT2D eigenvalue weighted by atomic mass is 10.2. The van der Waals surface area contributed by atoms with Crippen molar-refractivity contribution in [2.24, 2.45) is 0 Å². The zero-order valence-electron chi connectivity index (χ0n) is 12.3. The summed E-state index contributed by atoms with van der Waals surface area (Å²) in [6, 6.07) is 1.79. The summed E-state index contributed by atoms with van der Waals surface area (Å²) in [4.78, 5) is 0. The zero-order valence-corrected chi connectivity index (χ0v) is 14.1. The quantitative estimate of drug-likeness (QED) is 0.479. The lowest BCUT2D eigenvalue weighted by Gasteiger charge is -2.34. The summed E-state index contributed by atoms with van der Waals surface area (Å²) >= 11 is 0. The SMILES string of the molecule is CC[Si](CC)(CC)O[C@@H](CCOS(C)(=O)=O)C(F)(F)F. The molecule has 0 amide bonds. The largest absolute Gasteiger partial charge is 0.413 e. The van der Waals surface area contributed by atoms with Gasteiger partial charge in [-0.1, -0.05) is 20.8 Å². The van der Waals surface area contributed by atoms with Crippen LogP contribution in [0.15, 0.2) is 0 Å². The van der Waals surface area contributed by atoms with E-state index in [1.54, 1.807) is 0 Å². The molecule has 0 rings (SSSR count). The Labute approximate surface area is 119 Å². The standard InChI is InChI=1S/C11H23F3O4SSi/c1-5-20(6-2,7-3)18-10(11(12,13)14)8-9-17-19(4,15)16/h10H,5-9H2,1-4H3/t10-/m0/s1. The van der Waals surface area contributed by atoms with E-state index in [0.29, 0.717) is 18.1 Å². The van der Waals surface area contributed by atoms with E-state index in [4.69, 9.17) is 4.43 Å². The van der Waals surface area contributed by atoms with Gasteiger partial charge in [-0.3, -0.25) is 4.18 Å². The maximum Gasteiger partial charge on any atom is 0.413 e. The maximum atomic E-state index is 13.0. The molecule has 0 N–H and O–H groups in total. The van der Waals surface area contributed by atoms with Gasteiger partial charge in [-0.25, -0.2) is 0 Å². The molecule has 0 fully saturated rings. The fourth-order valence-corrected chi connectivity index (χ4v) is 5.15. The Bertz CT molecular complexity index is 371. The van der Waals surface area contributed by atoms with Crippen molar-refractivity contribution in [3.05, 3.63) is 0 Å². The highest BCUT2D eigenvalue weighted by Gasteiger charge is 2.45. The first kappa shape index (κ1) is 19.9. The van der Waals surface area contributed by atoms with Crippen molar-refractivity contribution in [2.75, 3.05) is 12.9 Å². The molecule has 9 heteroatoms. The van der Waals surface area contributed by atoms with Crippen LogP contribution in [0, 0.1) is 0 Å². The van der Waals surface area contributed by atoms with Gasteiger partial charge in [0.05, 0.1) is 12.9 Å².